The van der Waals surface area contributed by atoms with Crippen LogP contribution in [-0.2, 0) is 90.2 Å². The van der Waals surface area contributed by atoms with Crippen molar-refractivity contribution in [1.29, 1.82) is 21.0 Å². The lowest BCUT2D eigenvalue weighted by molar-refractivity contribution is -0.138. The SMILES string of the molecule is N#Cc1cccn1CCC(NS(=O)(=O)c1cccc2[nH]ccc12)C(=O)N1CCC(CO)CC1.N#Cc1cccn1CCC(NS(=O)(=O)c1cccc2[nH]ccc12)C(=O)N1CCCC(CO)C1.N#Cc1cccn1CCC(NS(=O)(=O)c1cccc2[nH]ccc12)C(=O)N1CCCCC1CO.N#Cc1cccn1CCC(NS(=O)(=O)c1cccc2[nH]ccc12)C(=O)N1CCNC(=O)CC1. The van der Waals surface area contributed by atoms with Gasteiger partial charge in [-0.3, -0.25) is 24.0 Å². The molecular weight excluding hydrogens is 1770 g/mol. The summed E-state index contributed by atoms with van der Waals surface area (Å²) in [4.78, 5) is 84.2. The molecule has 0 spiro atoms. The number of aromatic nitrogens is 8. The summed E-state index contributed by atoms with van der Waals surface area (Å²) in [6, 6.07) is 44.1. The van der Waals surface area contributed by atoms with E-state index in [1.165, 1.54) is 29.2 Å². The van der Waals surface area contributed by atoms with Crippen molar-refractivity contribution in [1.82, 2.24) is 82.0 Å². The summed E-state index contributed by atoms with van der Waals surface area (Å²) in [5.41, 5.74) is 4.49. The minimum absolute atomic E-state index is 0.00937. The molecule has 0 saturated carbocycles. The Labute approximate surface area is 763 Å². The van der Waals surface area contributed by atoms with Gasteiger partial charge in [-0.1, -0.05) is 24.3 Å². The Balaban J connectivity index is 0.000000150. The number of piperidine rings is 3. The number of rotatable bonds is 31. The first-order chi connectivity index (χ1) is 63.7. The Morgan fingerprint density at radius 2 is 0.727 bits per heavy atom. The summed E-state index contributed by atoms with van der Waals surface area (Å²) in [6.45, 7) is 4.26. The van der Waals surface area contributed by atoms with Crippen LogP contribution < -0.4 is 24.2 Å². The van der Waals surface area contributed by atoms with E-state index in [1.54, 1.807) is 204 Å². The largest absolute Gasteiger partial charge is 0.396 e. The second-order valence-corrected chi connectivity index (χ2v) is 39.4. The number of sulfonamides is 4. The highest BCUT2D eigenvalue weighted by atomic mass is 32.2. The Morgan fingerprint density at radius 1 is 0.379 bits per heavy atom. The van der Waals surface area contributed by atoms with Crippen LogP contribution in [0.15, 0.2) is 215 Å². The van der Waals surface area contributed by atoms with E-state index in [9.17, 15) is 94.0 Å². The molecule has 4 aliphatic heterocycles. The molecule has 694 valence electrons. The van der Waals surface area contributed by atoms with Gasteiger partial charge in [-0.05, 0) is 204 Å². The number of aliphatic hydroxyl groups excluding tert-OH is 3. The lowest BCUT2D eigenvalue weighted by atomic mass is 9.97. The average molecular weight is 1880 g/mol. The lowest BCUT2D eigenvalue weighted by Crippen LogP contribution is -2.54. The van der Waals surface area contributed by atoms with E-state index in [0.29, 0.717) is 151 Å². The van der Waals surface area contributed by atoms with Gasteiger partial charge in [-0.2, -0.15) is 39.9 Å². The molecule has 8 aromatic heterocycles. The standard InChI is InChI=1S/3C23H27N5O4S.C22H24N6O4S/c24-14-18-5-3-11-27(18)13-9-21(23(30)28-12-2-4-17(15-28)16-29)26-33(31,32)22-7-1-6-20-19(22)8-10-25-20;24-15-18-3-2-11-27(18)14-9-21(23(30)28-12-7-17(16-29)8-13-28)26-33(31,32)22-5-1-4-20-19(22)6-10-25-20;24-15-17-6-4-12-27(17)14-10-21(23(30)28-13-2-1-5-18(28)16-29)26-33(31,32)22-8-3-7-20-19(22)9-11-25-20;23-15-16-3-2-11-27(16)12-7-19(22(30)28-13-8-21(29)25-10-14-28)26-33(31,32)20-5-1-4-18-17(20)6-9-24-18/h1,3,5-8,10-11,17,21,25-26,29H,2,4,9,12-13,15-16H2;1-6,10-11,17,21,25-26,29H,7-9,12-14,16H2;3-4,6-9,11-12,18,21,25-26,29H,1-2,5,10,13-14,16H2;1-6,9,11,19,24,26H,7-8,10,12-14H2,(H,25,29). The fourth-order valence-electron chi connectivity index (χ4n) is 17.1. The van der Waals surface area contributed by atoms with Crippen molar-refractivity contribution < 1.29 is 73.0 Å². The minimum Gasteiger partial charge on any atom is -0.396 e. The summed E-state index contributed by atoms with van der Waals surface area (Å²) in [7, 11) is -16.1. The van der Waals surface area contributed by atoms with Crippen LogP contribution in [0.25, 0.3) is 43.6 Å². The maximum Gasteiger partial charge on any atom is 0.241 e. The van der Waals surface area contributed by atoms with Crippen molar-refractivity contribution in [3.63, 3.8) is 0 Å². The molecule has 0 radical (unpaired) electrons. The second-order valence-electron chi connectivity index (χ2n) is 32.6. The zero-order valence-corrected chi connectivity index (χ0v) is 75.5. The molecule has 0 aliphatic carbocycles. The molecule has 5 amide bonds. The number of hydrogen-bond acceptors (Lipinski definition) is 20. The first-order valence-electron chi connectivity index (χ1n) is 43.5. The number of fused-ring (bicyclic) bond motifs is 4. The molecule has 6 atom stereocenters. The molecule has 12 heterocycles. The topological polar surface area (TPSA) is 534 Å². The second kappa shape index (κ2) is 44.3. The zero-order chi connectivity index (χ0) is 93.7. The first kappa shape index (κ1) is 96.5. The van der Waals surface area contributed by atoms with Gasteiger partial charge in [0.15, 0.2) is 0 Å². The lowest BCUT2D eigenvalue weighted by Gasteiger charge is -2.37. The number of hydrogen-bond donors (Lipinski definition) is 12. The van der Waals surface area contributed by atoms with Crippen LogP contribution in [0.2, 0.25) is 0 Å². The first-order valence-corrected chi connectivity index (χ1v) is 49.4. The van der Waals surface area contributed by atoms with Gasteiger partial charge in [0.05, 0.1) is 32.2 Å². The summed E-state index contributed by atoms with van der Waals surface area (Å²) in [5.74, 6) is -1.36. The van der Waals surface area contributed by atoms with Gasteiger partial charge >= 0.3 is 0 Å². The third-order valence-electron chi connectivity index (χ3n) is 24.2. The van der Waals surface area contributed by atoms with Crippen LogP contribution in [-0.4, -0.2) is 239 Å². The summed E-state index contributed by atoms with van der Waals surface area (Å²) in [6.07, 6.45) is 19.8. The predicted molar refractivity (Wildman–Crippen MR) is 488 cm³/mol. The Hall–Kier alpha value is -13.0. The maximum atomic E-state index is 13.5. The maximum absolute atomic E-state index is 13.5. The van der Waals surface area contributed by atoms with Gasteiger partial charge in [0, 0.05) is 191 Å². The van der Waals surface area contributed by atoms with E-state index in [2.05, 4.69) is 68.4 Å². The third kappa shape index (κ3) is 23.5. The number of carbonyl (C=O) groups is 5. The Bertz CT molecular complexity index is 6730. The summed E-state index contributed by atoms with van der Waals surface area (Å²) in [5, 5.41) is 70.7. The molecule has 4 saturated heterocycles. The normalized spacial score (nSPS) is 16.8. The van der Waals surface area contributed by atoms with E-state index in [-0.39, 0.29) is 126 Å². The molecule has 4 aromatic carbocycles. The minimum atomic E-state index is -4.04. The van der Waals surface area contributed by atoms with Crippen LogP contribution in [0.1, 0.15) is 99.8 Å². The fourth-order valence-corrected chi connectivity index (χ4v) is 22.9. The third-order valence-corrected chi connectivity index (χ3v) is 30.3. The van der Waals surface area contributed by atoms with Crippen LogP contribution >= 0.6 is 0 Å². The van der Waals surface area contributed by atoms with E-state index in [4.69, 9.17) is 0 Å². The molecule has 4 fully saturated rings. The Morgan fingerprint density at radius 3 is 1.08 bits per heavy atom. The quantitative estimate of drug-likeness (QED) is 0.0221. The Kier molecular flexibility index (Phi) is 32.4. The molecular formula is C91H105N21O16S4. The van der Waals surface area contributed by atoms with Crippen molar-refractivity contribution >= 4 is 113 Å². The number of H-pyrrole nitrogens is 4. The number of nitrogens with one attached hydrogen (secondary N) is 9. The number of nitrogens with zero attached hydrogens (tertiary/aromatic N) is 12. The van der Waals surface area contributed by atoms with Gasteiger partial charge in [-0.15, -0.1) is 0 Å². The van der Waals surface area contributed by atoms with Gasteiger partial charge in [0.25, 0.3) is 0 Å². The average Bonchev–Trinajstić information content (AvgIpc) is 0.872. The number of aliphatic hydroxyl groups is 3. The van der Waals surface area contributed by atoms with Crippen LogP contribution in [0.3, 0.4) is 0 Å². The molecule has 0 bridgehead atoms. The van der Waals surface area contributed by atoms with Gasteiger partial charge < -0.3 is 78.4 Å². The number of aryl methyl sites for hydroxylation is 4. The van der Waals surface area contributed by atoms with Crippen molar-refractivity contribution in [3.8, 4) is 24.3 Å². The molecule has 12 N–H and O–H groups in total. The fraction of sp³-hybridized carbons (Fsp3) is 0.374. The van der Waals surface area contributed by atoms with Gasteiger partial charge in [0.2, 0.25) is 69.6 Å². The number of carbonyl (C=O) groups excluding carboxylic acids is 5. The molecule has 4 aliphatic rings. The highest BCUT2D eigenvalue weighted by molar-refractivity contribution is 7.90. The monoisotopic (exact) mass is 1880 g/mol. The molecule has 16 rings (SSSR count). The number of nitriles is 4. The smallest absolute Gasteiger partial charge is 0.241 e. The van der Waals surface area contributed by atoms with Crippen LogP contribution in [0.4, 0.5) is 0 Å². The molecule has 41 heteroatoms. The molecule has 6 unspecified atom stereocenters. The molecule has 12 aromatic rings. The predicted octanol–water partition coefficient (Wildman–Crippen LogP) is 6.50. The number of likely N-dealkylation sites (tertiary alicyclic amines) is 3. The highest BCUT2D eigenvalue weighted by Crippen LogP contribution is 2.31. The van der Waals surface area contributed by atoms with Gasteiger partial charge in [-0.25, -0.2) is 33.7 Å². The van der Waals surface area contributed by atoms with Gasteiger partial charge in [0.1, 0.15) is 71.2 Å². The van der Waals surface area contributed by atoms with E-state index >= 15 is 0 Å². The number of aromatic amines is 4. The highest BCUT2D eigenvalue weighted by Gasteiger charge is 2.39. The number of benzene rings is 4. The summed E-state index contributed by atoms with van der Waals surface area (Å²) >= 11 is 0. The van der Waals surface area contributed by atoms with Crippen molar-refractivity contribution in [2.45, 2.75) is 153 Å². The number of amides is 5. The van der Waals surface area contributed by atoms with E-state index in [1.807, 2.05) is 0 Å². The van der Waals surface area contributed by atoms with Crippen LogP contribution in [0.5, 0.6) is 0 Å². The zero-order valence-electron chi connectivity index (χ0n) is 72.3. The van der Waals surface area contributed by atoms with E-state index < -0.39 is 70.2 Å². The van der Waals surface area contributed by atoms with Crippen LogP contribution in [0, 0.1) is 57.2 Å². The molecule has 37 nitrogen and oxygen atoms in total. The van der Waals surface area contributed by atoms with Crippen molar-refractivity contribution in [2.75, 3.05) is 72.2 Å². The summed E-state index contributed by atoms with van der Waals surface area (Å²) < 4.78 is 124. The molecule has 132 heavy (non-hydrogen) atoms. The van der Waals surface area contributed by atoms with E-state index in [0.717, 1.165) is 25.7 Å². The van der Waals surface area contributed by atoms with Crippen molar-refractivity contribution in [2.24, 2.45) is 11.8 Å². The van der Waals surface area contributed by atoms with Crippen molar-refractivity contribution in [3.05, 3.63) is 218 Å².